The number of hydrogen-bond acceptors (Lipinski definition) is 4. The third kappa shape index (κ3) is 4.93. The van der Waals surface area contributed by atoms with Gasteiger partial charge in [-0.25, -0.2) is 4.79 Å². The molecule has 2 aromatic rings. The lowest BCUT2D eigenvalue weighted by atomic mass is 10.1. The molecule has 4 nitrogen and oxygen atoms in total. The van der Waals surface area contributed by atoms with E-state index in [9.17, 15) is 9.59 Å². The van der Waals surface area contributed by atoms with Crippen molar-refractivity contribution in [3.8, 4) is 11.5 Å². The van der Waals surface area contributed by atoms with Crippen LogP contribution >= 0.6 is 15.9 Å². The van der Waals surface area contributed by atoms with Crippen LogP contribution in [0.25, 0.3) is 0 Å². The lowest BCUT2D eigenvalue weighted by Crippen LogP contribution is -2.17. The molecule has 0 amide bonds. The van der Waals surface area contributed by atoms with Crippen LogP contribution in [0.15, 0.2) is 46.9 Å². The average Bonchev–Trinajstić information content (AvgIpc) is 2.54. The fraction of sp³-hybridized carbons (Fsp3) is 0.222. The smallest absolute Gasteiger partial charge is 0.349 e. The largest absolute Gasteiger partial charge is 0.481 e. The van der Waals surface area contributed by atoms with Crippen molar-refractivity contribution >= 4 is 27.7 Å². The molecule has 0 aliphatic heterocycles. The van der Waals surface area contributed by atoms with E-state index in [1.165, 1.54) is 0 Å². The molecule has 0 spiro atoms. The van der Waals surface area contributed by atoms with E-state index in [1.807, 2.05) is 19.1 Å². The summed E-state index contributed by atoms with van der Waals surface area (Å²) >= 11 is 3.38. The molecule has 2 rings (SSSR count). The van der Waals surface area contributed by atoms with Crippen LogP contribution in [-0.2, 0) is 4.79 Å². The summed E-state index contributed by atoms with van der Waals surface area (Å²) in [5.74, 6) is 0.508. The molecule has 0 radical (unpaired) electrons. The Balaban J connectivity index is 1.90. The molecule has 0 aromatic heterocycles. The number of hydrogen-bond donors (Lipinski definition) is 0. The molecule has 5 heteroatoms. The fourth-order valence-electron chi connectivity index (χ4n) is 1.93. The minimum atomic E-state index is -0.507. The lowest BCUT2D eigenvalue weighted by Gasteiger charge is -2.09. The minimum Gasteiger partial charge on any atom is -0.481 e. The number of carbonyl (C=O) groups is 2. The zero-order valence-electron chi connectivity index (χ0n) is 13.0. The van der Waals surface area contributed by atoms with Crippen molar-refractivity contribution in [3.63, 3.8) is 0 Å². The summed E-state index contributed by atoms with van der Waals surface area (Å²) in [6.45, 7) is 3.57. The highest BCUT2D eigenvalue weighted by atomic mass is 79.9. The number of ketones is 1. The Morgan fingerprint density at radius 2 is 1.78 bits per heavy atom. The Hall–Kier alpha value is -2.14. The van der Waals surface area contributed by atoms with Crippen LogP contribution in [0.3, 0.4) is 0 Å². The Morgan fingerprint density at radius 3 is 2.39 bits per heavy atom. The van der Waals surface area contributed by atoms with Gasteiger partial charge in [-0.1, -0.05) is 13.0 Å². The van der Waals surface area contributed by atoms with Crippen LogP contribution in [0.5, 0.6) is 11.5 Å². The molecule has 0 N–H and O–H groups in total. The summed E-state index contributed by atoms with van der Waals surface area (Å²) in [5.41, 5.74) is 1.70. The minimum absolute atomic E-state index is 0.0513. The van der Waals surface area contributed by atoms with Gasteiger partial charge in [0, 0.05) is 12.0 Å². The number of ether oxygens (including phenoxy) is 2. The molecule has 0 saturated carbocycles. The van der Waals surface area contributed by atoms with Crippen LogP contribution in [0.2, 0.25) is 0 Å². The third-order valence-corrected chi connectivity index (χ3v) is 3.78. The number of carbonyl (C=O) groups excluding carboxylic acids is 2. The zero-order chi connectivity index (χ0) is 16.8. The summed E-state index contributed by atoms with van der Waals surface area (Å²) < 4.78 is 11.4. The summed E-state index contributed by atoms with van der Waals surface area (Å²) in [5, 5.41) is 0. The highest BCUT2D eigenvalue weighted by Crippen LogP contribution is 2.25. The first kappa shape index (κ1) is 17.2. The van der Waals surface area contributed by atoms with E-state index >= 15 is 0 Å². The molecular weight excluding hydrogens is 360 g/mol. The zero-order valence-corrected chi connectivity index (χ0v) is 14.6. The van der Waals surface area contributed by atoms with Gasteiger partial charge in [-0.15, -0.1) is 0 Å². The van der Waals surface area contributed by atoms with Crippen LogP contribution in [0.4, 0.5) is 0 Å². The molecule has 0 bridgehead atoms. The van der Waals surface area contributed by atoms with Crippen molar-refractivity contribution in [3.05, 3.63) is 58.1 Å². The summed E-state index contributed by atoms with van der Waals surface area (Å²) in [7, 11) is 0. The highest BCUT2D eigenvalue weighted by Gasteiger charge is 2.09. The number of aryl methyl sites for hydroxylation is 1. The van der Waals surface area contributed by atoms with Crippen molar-refractivity contribution in [1.82, 2.24) is 0 Å². The number of halogens is 1. The number of rotatable bonds is 6. The lowest BCUT2D eigenvalue weighted by molar-refractivity contribution is -0.136. The third-order valence-electron chi connectivity index (χ3n) is 3.16. The van der Waals surface area contributed by atoms with Gasteiger partial charge in [0.15, 0.2) is 12.4 Å². The standard InChI is InChI=1S/C18H17BrO4/c1-3-16(20)13-5-7-14(8-6-13)23-18(21)11-22-17-9-4-12(2)10-15(17)19/h4-10H,3,11H2,1-2H3. The number of esters is 1. The van der Waals surface area contributed by atoms with E-state index in [1.54, 1.807) is 37.3 Å². The number of benzene rings is 2. The monoisotopic (exact) mass is 376 g/mol. The van der Waals surface area contributed by atoms with E-state index in [4.69, 9.17) is 9.47 Å². The van der Waals surface area contributed by atoms with Crippen LogP contribution in [-0.4, -0.2) is 18.4 Å². The van der Waals surface area contributed by atoms with Crippen molar-refractivity contribution in [2.75, 3.05) is 6.61 Å². The molecule has 0 heterocycles. The topological polar surface area (TPSA) is 52.6 Å². The highest BCUT2D eigenvalue weighted by molar-refractivity contribution is 9.10. The first-order valence-electron chi connectivity index (χ1n) is 7.22. The summed E-state index contributed by atoms with van der Waals surface area (Å²) in [6, 6.07) is 12.1. The van der Waals surface area contributed by atoms with Crippen LogP contribution < -0.4 is 9.47 Å². The Morgan fingerprint density at radius 1 is 1.09 bits per heavy atom. The van der Waals surface area contributed by atoms with Gasteiger partial charge in [-0.3, -0.25) is 4.79 Å². The predicted molar refractivity (Wildman–Crippen MR) is 91.1 cm³/mol. The van der Waals surface area contributed by atoms with Crippen molar-refractivity contribution in [2.45, 2.75) is 20.3 Å². The number of Topliss-reactive ketones (excluding diaryl/α,β-unsaturated/α-hetero) is 1. The maximum absolute atomic E-state index is 11.8. The molecule has 120 valence electrons. The molecule has 0 aliphatic carbocycles. The van der Waals surface area contributed by atoms with Gasteiger partial charge in [-0.05, 0) is 64.8 Å². The molecule has 0 atom stereocenters. The van der Waals surface area contributed by atoms with Gasteiger partial charge in [-0.2, -0.15) is 0 Å². The van der Waals surface area contributed by atoms with Crippen molar-refractivity contribution in [1.29, 1.82) is 0 Å². The summed E-state index contributed by atoms with van der Waals surface area (Å²) in [4.78, 5) is 23.3. The molecular formula is C18H17BrO4. The maximum Gasteiger partial charge on any atom is 0.349 e. The first-order chi connectivity index (χ1) is 11.0. The van der Waals surface area contributed by atoms with E-state index in [2.05, 4.69) is 15.9 Å². The molecule has 23 heavy (non-hydrogen) atoms. The van der Waals surface area contributed by atoms with Gasteiger partial charge in [0.2, 0.25) is 0 Å². The quantitative estimate of drug-likeness (QED) is 0.427. The van der Waals surface area contributed by atoms with Crippen molar-refractivity contribution < 1.29 is 19.1 Å². The van der Waals surface area contributed by atoms with E-state index in [0.29, 0.717) is 23.5 Å². The Labute approximate surface area is 143 Å². The SMILES string of the molecule is CCC(=O)c1ccc(OC(=O)COc2ccc(C)cc2Br)cc1. The molecule has 0 saturated heterocycles. The van der Waals surface area contributed by atoms with E-state index < -0.39 is 5.97 Å². The predicted octanol–water partition coefficient (Wildman–Crippen LogP) is 4.33. The van der Waals surface area contributed by atoms with Crippen molar-refractivity contribution in [2.24, 2.45) is 0 Å². The normalized spacial score (nSPS) is 10.2. The van der Waals surface area contributed by atoms with E-state index in [0.717, 1.165) is 10.0 Å². The van der Waals surface area contributed by atoms with Gasteiger partial charge in [0.05, 0.1) is 4.47 Å². The second-order valence-electron chi connectivity index (χ2n) is 5.00. The summed E-state index contributed by atoms with van der Waals surface area (Å²) in [6.07, 6.45) is 0.443. The van der Waals surface area contributed by atoms with E-state index in [-0.39, 0.29) is 12.4 Å². The molecule has 2 aromatic carbocycles. The Bertz CT molecular complexity index is 707. The average molecular weight is 377 g/mol. The second kappa shape index (κ2) is 7.92. The van der Waals surface area contributed by atoms with Gasteiger partial charge in [0.1, 0.15) is 11.5 Å². The van der Waals surface area contributed by atoms with Gasteiger partial charge in [0.25, 0.3) is 0 Å². The molecule has 0 unspecified atom stereocenters. The fourth-order valence-corrected chi connectivity index (χ4v) is 2.54. The maximum atomic E-state index is 11.8. The molecule has 0 aliphatic rings. The second-order valence-corrected chi connectivity index (χ2v) is 5.85. The van der Waals surface area contributed by atoms with Crippen LogP contribution in [0, 0.1) is 6.92 Å². The van der Waals surface area contributed by atoms with Gasteiger partial charge < -0.3 is 9.47 Å². The first-order valence-corrected chi connectivity index (χ1v) is 8.01. The van der Waals surface area contributed by atoms with Gasteiger partial charge >= 0.3 is 5.97 Å². The molecule has 0 fully saturated rings. The van der Waals surface area contributed by atoms with Crippen LogP contribution in [0.1, 0.15) is 29.3 Å². The Kier molecular flexibility index (Phi) is 5.93.